The van der Waals surface area contributed by atoms with E-state index >= 15 is 0 Å². The fraction of sp³-hybridized carbons (Fsp3) is 0.235. The summed E-state index contributed by atoms with van der Waals surface area (Å²) in [6.07, 6.45) is 1.72. The van der Waals surface area contributed by atoms with Gasteiger partial charge in [-0.15, -0.1) is 0 Å². The summed E-state index contributed by atoms with van der Waals surface area (Å²) >= 11 is 0. The van der Waals surface area contributed by atoms with Crippen molar-refractivity contribution in [3.8, 4) is 5.75 Å². The van der Waals surface area contributed by atoms with Crippen LogP contribution in [0.15, 0.2) is 36.4 Å². The summed E-state index contributed by atoms with van der Waals surface area (Å²) < 4.78 is 0. The number of hydrogen-bond acceptors (Lipinski definition) is 3. The molecule has 3 N–H and O–H groups in total. The Morgan fingerprint density at radius 2 is 2.10 bits per heavy atom. The number of carbonyl (C=O) groups is 1. The van der Waals surface area contributed by atoms with Crippen LogP contribution in [0, 0.1) is 6.92 Å². The maximum Gasteiger partial charge on any atom is 0.335 e. The minimum absolute atomic E-state index is 0.106. The minimum Gasteiger partial charge on any atom is -0.508 e. The van der Waals surface area contributed by atoms with E-state index in [-0.39, 0.29) is 11.6 Å². The van der Waals surface area contributed by atoms with E-state index in [1.54, 1.807) is 18.2 Å². The summed E-state index contributed by atoms with van der Waals surface area (Å²) in [7, 11) is 0. The zero-order chi connectivity index (χ0) is 15.0. The van der Waals surface area contributed by atoms with E-state index in [9.17, 15) is 9.90 Å². The minimum atomic E-state index is -0.928. The Morgan fingerprint density at radius 3 is 2.86 bits per heavy atom. The fourth-order valence-electron chi connectivity index (χ4n) is 2.88. The van der Waals surface area contributed by atoms with Crippen molar-refractivity contribution < 1.29 is 15.0 Å². The molecule has 0 amide bonds. The number of fused-ring (bicyclic) bond motifs is 1. The van der Waals surface area contributed by atoms with Gasteiger partial charge in [0.2, 0.25) is 0 Å². The second kappa shape index (κ2) is 5.13. The van der Waals surface area contributed by atoms with Crippen molar-refractivity contribution >= 4 is 11.7 Å². The predicted octanol–water partition coefficient (Wildman–Crippen LogP) is 3.50. The number of aromatic carboxylic acids is 1. The Morgan fingerprint density at radius 1 is 1.29 bits per heavy atom. The molecule has 0 saturated carbocycles. The number of carboxylic acids is 1. The molecule has 21 heavy (non-hydrogen) atoms. The summed E-state index contributed by atoms with van der Waals surface area (Å²) in [5.41, 5.74) is 4.19. The van der Waals surface area contributed by atoms with Crippen molar-refractivity contribution in [2.24, 2.45) is 0 Å². The number of benzene rings is 2. The van der Waals surface area contributed by atoms with Crippen LogP contribution in [0.5, 0.6) is 5.75 Å². The first-order valence-electron chi connectivity index (χ1n) is 6.97. The second-order valence-electron chi connectivity index (χ2n) is 5.42. The van der Waals surface area contributed by atoms with E-state index in [1.165, 1.54) is 0 Å². The summed E-state index contributed by atoms with van der Waals surface area (Å²) in [6.45, 7) is 1.95. The van der Waals surface area contributed by atoms with Gasteiger partial charge in [0.25, 0.3) is 0 Å². The van der Waals surface area contributed by atoms with Gasteiger partial charge in [-0.05, 0) is 54.7 Å². The van der Waals surface area contributed by atoms with E-state index in [4.69, 9.17) is 5.11 Å². The highest BCUT2D eigenvalue weighted by Crippen LogP contribution is 2.38. The molecular formula is C17H17NO3. The Hall–Kier alpha value is -2.49. The van der Waals surface area contributed by atoms with Gasteiger partial charge < -0.3 is 15.5 Å². The van der Waals surface area contributed by atoms with Crippen LogP contribution in [0.3, 0.4) is 0 Å². The van der Waals surface area contributed by atoms with Gasteiger partial charge in [-0.1, -0.05) is 18.2 Å². The summed E-state index contributed by atoms with van der Waals surface area (Å²) in [5, 5.41) is 22.4. The second-order valence-corrected chi connectivity index (χ2v) is 5.42. The predicted molar refractivity (Wildman–Crippen MR) is 80.9 cm³/mol. The smallest absolute Gasteiger partial charge is 0.335 e. The molecule has 0 aliphatic heterocycles. The van der Waals surface area contributed by atoms with Crippen molar-refractivity contribution in [2.45, 2.75) is 25.8 Å². The Labute approximate surface area is 123 Å². The molecule has 2 aromatic rings. The lowest BCUT2D eigenvalue weighted by molar-refractivity contribution is 0.0697. The molecule has 0 fully saturated rings. The number of phenols is 1. The molecule has 0 aromatic heterocycles. The summed E-state index contributed by atoms with van der Waals surface area (Å²) in [6, 6.07) is 10.7. The molecule has 0 spiro atoms. The van der Waals surface area contributed by atoms with E-state index in [1.807, 2.05) is 25.1 Å². The van der Waals surface area contributed by atoms with E-state index in [2.05, 4.69) is 5.32 Å². The highest BCUT2D eigenvalue weighted by Gasteiger charge is 2.25. The normalized spacial score (nSPS) is 16.5. The third-order valence-corrected chi connectivity index (χ3v) is 4.06. The van der Waals surface area contributed by atoms with Crippen LogP contribution in [0.4, 0.5) is 5.69 Å². The molecule has 0 bridgehead atoms. The number of rotatable bonds is 3. The Kier molecular flexibility index (Phi) is 3.29. The first-order chi connectivity index (χ1) is 10.1. The molecule has 108 valence electrons. The summed E-state index contributed by atoms with van der Waals surface area (Å²) in [5.74, 6) is -0.588. The molecule has 1 aliphatic rings. The number of aryl methyl sites for hydroxylation is 1. The van der Waals surface area contributed by atoms with Gasteiger partial charge in [-0.3, -0.25) is 0 Å². The molecule has 1 unspecified atom stereocenters. The number of hydrogen-bond donors (Lipinski definition) is 3. The van der Waals surface area contributed by atoms with Gasteiger partial charge in [0.15, 0.2) is 0 Å². The van der Waals surface area contributed by atoms with Crippen LogP contribution in [0.1, 0.15) is 39.5 Å². The first-order valence-corrected chi connectivity index (χ1v) is 6.97. The molecule has 1 atom stereocenters. The van der Waals surface area contributed by atoms with Crippen molar-refractivity contribution in [3.05, 3.63) is 58.7 Å². The number of anilines is 1. The zero-order valence-corrected chi connectivity index (χ0v) is 11.8. The van der Waals surface area contributed by atoms with Crippen molar-refractivity contribution in [1.29, 1.82) is 0 Å². The maximum absolute atomic E-state index is 11.1. The monoisotopic (exact) mass is 283 g/mol. The third-order valence-electron chi connectivity index (χ3n) is 4.06. The van der Waals surface area contributed by atoms with Crippen molar-refractivity contribution in [1.82, 2.24) is 0 Å². The molecule has 0 saturated heterocycles. The Bertz CT molecular complexity index is 709. The van der Waals surface area contributed by atoms with Gasteiger partial charge in [0, 0.05) is 5.69 Å². The number of aromatic hydroxyl groups is 1. The van der Waals surface area contributed by atoms with Crippen LogP contribution in [0.2, 0.25) is 0 Å². The van der Waals surface area contributed by atoms with E-state index < -0.39 is 5.97 Å². The van der Waals surface area contributed by atoms with Crippen LogP contribution >= 0.6 is 0 Å². The van der Waals surface area contributed by atoms with Crippen molar-refractivity contribution in [2.75, 3.05) is 5.32 Å². The fourth-order valence-corrected chi connectivity index (χ4v) is 2.88. The highest BCUT2D eigenvalue weighted by molar-refractivity contribution is 5.89. The molecular weight excluding hydrogens is 266 g/mol. The SMILES string of the molecule is Cc1ccc(C(=O)O)cc1NC1CCc2c(O)cccc21. The van der Waals surface area contributed by atoms with Gasteiger partial charge >= 0.3 is 5.97 Å². The van der Waals surface area contributed by atoms with E-state index in [0.717, 1.165) is 35.2 Å². The quantitative estimate of drug-likeness (QED) is 0.806. The largest absolute Gasteiger partial charge is 0.508 e. The van der Waals surface area contributed by atoms with Gasteiger partial charge in [0.1, 0.15) is 5.75 Å². The maximum atomic E-state index is 11.1. The van der Waals surface area contributed by atoms with Gasteiger partial charge in [-0.2, -0.15) is 0 Å². The number of carboxylic acid groups (broad SMARTS) is 1. The lowest BCUT2D eigenvalue weighted by Gasteiger charge is -2.18. The lowest BCUT2D eigenvalue weighted by Crippen LogP contribution is -2.09. The molecule has 3 rings (SSSR count). The third kappa shape index (κ3) is 2.44. The zero-order valence-electron chi connectivity index (χ0n) is 11.8. The van der Waals surface area contributed by atoms with Crippen molar-refractivity contribution in [3.63, 3.8) is 0 Å². The first kappa shape index (κ1) is 13.5. The van der Waals surface area contributed by atoms with Gasteiger partial charge in [-0.25, -0.2) is 4.79 Å². The molecule has 2 aromatic carbocycles. The lowest BCUT2D eigenvalue weighted by atomic mass is 10.1. The van der Waals surface area contributed by atoms with Crippen LogP contribution in [0.25, 0.3) is 0 Å². The number of nitrogens with one attached hydrogen (secondary N) is 1. The van der Waals surface area contributed by atoms with Crippen LogP contribution in [-0.4, -0.2) is 16.2 Å². The van der Waals surface area contributed by atoms with Crippen LogP contribution in [-0.2, 0) is 6.42 Å². The highest BCUT2D eigenvalue weighted by atomic mass is 16.4. The number of phenolic OH excluding ortho intramolecular Hbond substituents is 1. The van der Waals surface area contributed by atoms with Crippen LogP contribution < -0.4 is 5.32 Å². The average molecular weight is 283 g/mol. The summed E-state index contributed by atoms with van der Waals surface area (Å²) in [4.78, 5) is 11.1. The molecule has 0 heterocycles. The average Bonchev–Trinajstić information content (AvgIpc) is 2.86. The topological polar surface area (TPSA) is 69.6 Å². The molecule has 4 heteroatoms. The molecule has 1 aliphatic carbocycles. The van der Waals surface area contributed by atoms with Gasteiger partial charge in [0.05, 0.1) is 11.6 Å². The molecule has 0 radical (unpaired) electrons. The standard InChI is InChI=1S/C17H17NO3/c1-10-5-6-11(17(20)21)9-15(10)18-14-8-7-13-12(14)3-2-4-16(13)19/h2-6,9,14,18-19H,7-8H2,1H3,(H,20,21). The molecule has 4 nitrogen and oxygen atoms in total. The van der Waals surface area contributed by atoms with E-state index in [0.29, 0.717) is 5.75 Å². The Balaban J connectivity index is 1.91.